The molecule has 1 N–H and O–H groups in total. The highest BCUT2D eigenvalue weighted by Gasteiger charge is 2.49. The van der Waals surface area contributed by atoms with E-state index in [2.05, 4.69) is 63.2 Å². The van der Waals surface area contributed by atoms with Crippen molar-refractivity contribution in [1.29, 1.82) is 0 Å². The maximum Gasteiger partial charge on any atom is 0.410 e. The van der Waals surface area contributed by atoms with E-state index in [-0.39, 0.29) is 23.6 Å². The molecule has 1 amide bonds. The van der Waals surface area contributed by atoms with Gasteiger partial charge in [-0.15, -0.1) is 21.5 Å². The molecule has 2 atom stereocenters. The van der Waals surface area contributed by atoms with Crippen LogP contribution in [0.1, 0.15) is 90.4 Å². The van der Waals surface area contributed by atoms with Crippen LogP contribution in [0.2, 0.25) is 0 Å². The molecule has 2 fully saturated rings. The van der Waals surface area contributed by atoms with Gasteiger partial charge in [-0.2, -0.15) is 0 Å². The van der Waals surface area contributed by atoms with E-state index >= 15 is 0 Å². The number of aromatic nitrogens is 4. The van der Waals surface area contributed by atoms with Crippen molar-refractivity contribution in [3.8, 4) is 5.00 Å². The molecule has 3 aliphatic heterocycles. The normalized spacial score (nSPS) is 20.9. The summed E-state index contributed by atoms with van der Waals surface area (Å²) in [5.74, 6) is 2.26. The molecule has 3 aromatic heterocycles. The predicted octanol–water partition coefficient (Wildman–Crippen LogP) is 6.04. The van der Waals surface area contributed by atoms with Gasteiger partial charge in [-0.1, -0.05) is 24.3 Å². The molecule has 0 bridgehead atoms. The van der Waals surface area contributed by atoms with Crippen molar-refractivity contribution >= 4 is 23.1 Å². The summed E-state index contributed by atoms with van der Waals surface area (Å²) in [6.45, 7) is 14.5. The van der Waals surface area contributed by atoms with Crippen molar-refractivity contribution in [3.63, 3.8) is 0 Å². The molecule has 4 aromatic rings. The number of rotatable bonds is 4. The van der Waals surface area contributed by atoms with Crippen LogP contribution in [0.3, 0.4) is 0 Å². The number of carbonyl (C=O) groups excluding carboxylic acids is 1. The average molecular weight is 614 g/mol. The zero-order valence-electron chi connectivity index (χ0n) is 26.2. The number of likely N-dealkylation sites (tertiary alicyclic amines) is 1. The van der Waals surface area contributed by atoms with E-state index in [1.165, 1.54) is 16.0 Å². The van der Waals surface area contributed by atoms with Gasteiger partial charge < -0.3 is 19.4 Å². The van der Waals surface area contributed by atoms with E-state index in [1.807, 2.05) is 32.6 Å². The molecule has 0 radical (unpaired) electrons. The highest BCUT2D eigenvalue weighted by molar-refractivity contribution is 7.15. The van der Waals surface area contributed by atoms with Crippen LogP contribution in [0.4, 0.5) is 4.79 Å². The van der Waals surface area contributed by atoms with Gasteiger partial charge in [0.05, 0.1) is 18.3 Å². The molecule has 7 rings (SSSR count). The van der Waals surface area contributed by atoms with Crippen LogP contribution >= 0.6 is 11.3 Å². The van der Waals surface area contributed by atoms with Gasteiger partial charge in [0.1, 0.15) is 28.7 Å². The smallest absolute Gasteiger partial charge is 0.410 e. The number of amides is 1. The number of oxazole rings is 1. The number of thiophene rings is 1. The number of ether oxygens (including phenoxy) is 1. The Balaban J connectivity index is 1.18. The molecule has 6 heterocycles. The highest BCUT2D eigenvalue weighted by Crippen LogP contribution is 2.49. The SMILES string of the molecule is Cc1sc2c(c1C)C(c1ccc(C3NCC34CCN(C(=O)OC(C)(C)C)CC4)cc1)=N[C@@H](Cc1ncco1)c1nnc(C)n1-2. The van der Waals surface area contributed by atoms with E-state index < -0.39 is 5.60 Å². The Bertz CT molecular complexity index is 1720. The topological polar surface area (TPSA) is 111 Å². The first-order chi connectivity index (χ1) is 21.0. The summed E-state index contributed by atoms with van der Waals surface area (Å²) < 4.78 is 13.4. The Hall–Kier alpha value is -3.83. The van der Waals surface area contributed by atoms with Crippen molar-refractivity contribution < 1.29 is 13.9 Å². The molecule has 11 heteroatoms. The average Bonchev–Trinajstić information content (AvgIpc) is 3.68. The van der Waals surface area contributed by atoms with E-state index in [4.69, 9.17) is 14.1 Å². The van der Waals surface area contributed by atoms with Crippen LogP contribution in [0.25, 0.3) is 5.00 Å². The summed E-state index contributed by atoms with van der Waals surface area (Å²) in [4.78, 5) is 25.5. The van der Waals surface area contributed by atoms with E-state index in [9.17, 15) is 4.79 Å². The van der Waals surface area contributed by atoms with Crippen LogP contribution in [0.15, 0.2) is 46.1 Å². The molecule has 3 aliphatic rings. The Morgan fingerprint density at radius 2 is 1.89 bits per heavy atom. The molecule has 10 nitrogen and oxygen atoms in total. The second-order valence-corrected chi connectivity index (χ2v) is 14.5. The molecule has 44 heavy (non-hydrogen) atoms. The maximum absolute atomic E-state index is 12.7. The van der Waals surface area contributed by atoms with Crippen molar-refractivity contribution in [3.05, 3.63) is 81.4 Å². The summed E-state index contributed by atoms with van der Waals surface area (Å²) in [5.41, 5.74) is 5.31. The molecule has 1 spiro atoms. The van der Waals surface area contributed by atoms with Crippen molar-refractivity contribution in [1.82, 2.24) is 30.0 Å². The molecule has 1 unspecified atom stereocenters. The zero-order valence-corrected chi connectivity index (χ0v) is 27.0. The lowest BCUT2D eigenvalue weighted by Gasteiger charge is -2.54. The molecular weight excluding hydrogens is 574 g/mol. The Kier molecular flexibility index (Phi) is 7.00. The standard InChI is InChI=1S/C33H39N7O3S/c1-19-20(2)44-30-26(19)27(36-24(17-25-34-13-16-42-25)29-38-37-21(3)40(29)30)22-7-9-23(10-8-22)28-33(18-35-28)11-14-39(15-12-33)31(41)43-32(4,5)6/h7-10,13,16,24,28,35H,11-12,14-15,17-18H2,1-6H3/t24-,28?/m0/s1. The Morgan fingerprint density at radius 1 is 1.14 bits per heavy atom. The molecule has 230 valence electrons. The van der Waals surface area contributed by atoms with Gasteiger partial charge in [0.15, 0.2) is 11.7 Å². The summed E-state index contributed by atoms with van der Waals surface area (Å²) in [6, 6.07) is 8.85. The van der Waals surface area contributed by atoms with Crippen LogP contribution in [0, 0.1) is 26.2 Å². The van der Waals surface area contributed by atoms with Gasteiger partial charge in [0.2, 0.25) is 0 Å². The number of nitrogens with one attached hydrogen (secondary N) is 1. The third-order valence-electron chi connectivity index (χ3n) is 9.29. The maximum atomic E-state index is 12.7. The first kappa shape index (κ1) is 28.9. The molecule has 2 saturated heterocycles. The number of fused-ring (bicyclic) bond motifs is 3. The zero-order chi connectivity index (χ0) is 30.8. The van der Waals surface area contributed by atoms with Gasteiger partial charge in [-0.25, -0.2) is 9.78 Å². The Morgan fingerprint density at radius 3 is 2.52 bits per heavy atom. The van der Waals surface area contributed by atoms with Crippen molar-refractivity contribution in [2.24, 2.45) is 10.4 Å². The Labute approximate surface area is 261 Å². The van der Waals surface area contributed by atoms with Crippen molar-refractivity contribution in [2.75, 3.05) is 19.6 Å². The molecule has 0 aliphatic carbocycles. The fourth-order valence-electron chi connectivity index (χ4n) is 6.77. The van der Waals surface area contributed by atoms with Gasteiger partial charge in [0.25, 0.3) is 0 Å². The minimum absolute atomic E-state index is 0.148. The van der Waals surface area contributed by atoms with E-state index in [0.29, 0.717) is 12.3 Å². The summed E-state index contributed by atoms with van der Waals surface area (Å²) in [6.07, 6.45) is 5.45. The van der Waals surface area contributed by atoms with Crippen molar-refractivity contribution in [2.45, 2.75) is 78.5 Å². The third kappa shape index (κ3) is 4.95. The number of hydrogen-bond acceptors (Lipinski definition) is 9. The number of benzene rings is 1. The lowest BCUT2D eigenvalue weighted by atomic mass is 9.64. The third-order valence-corrected chi connectivity index (χ3v) is 10.5. The molecular formula is C33H39N7O3S. The fraction of sp³-hybridized carbons (Fsp3) is 0.485. The number of piperidine rings is 1. The van der Waals surface area contributed by atoms with Gasteiger partial charge >= 0.3 is 6.09 Å². The van der Waals surface area contributed by atoms with Crippen LogP contribution < -0.4 is 5.32 Å². The predicted molar refractivity (Wildman–Crippen MR) is 169 cm³/mol. The monoisotopic (exact) mass is 613 g/mol. The number of aliphatic imine (C=N–C) groups is 1. The fourth-order valence-corrected chi connectivity index (χ4v) is 7.98. The first-order valence-electron chi connectivity index (χ1n) is 15.3. The summed E-state index contributed by atoms with van der Waals surface area (Å²) in [7, 11) is 0. The van der Waals surface area contributed by atoms with E-state index in [1.54, 1.807) is 23.8 Å². The lowest BCUT2D eigenvalue weighted by Crippen LogP contribution is -2.60. The highest BCUT2D eigenvalue weighted by atomic mass is 32.1. The quantitative estimate of drug-likeness (QED) is 0.299. The van der Waals surface area contributed by atoms with Crippen LogP contribution in [-0.2, 0) is 11.2 Å². The second-order valence-electron chi connectivity index (χ2n) is 13.3. The summed E-state index contributed by atoms with van der Waals surface area (Å²) in [5, 5.41) is 13.8. The second kappa shape index (κ2) is 10.7. The number of nitrogens with zero attached hydrogens (tertiary/aromatic N) is 6. The molecule has 0 saturated carbocycles. The number of aryl methyl sites for hydroxylation is 2. The van der Waals surface area contributed by atoms with Crippen LogP contribution in [0.5, 0.6) is 0 Å². The van der Waals surface area contributed by atoms with Crippen LogP contribution in [-0.4, -0.2) is 61.7 Å². The minimum atomic E-state index is -0.483. The minimum Gasteiger partial charge on any atom is -0.449 e. The largest absolute Gasteiger partial charge is 0.449 e. The number of hydrogen-bond donors (Lipinski definition) is 1. The first-order valence-corrected chi connectivity index (χ1v) is 16.2. The van der Waals surface area contributed by atoms with Gasteiger partial charge in [0, 0.05) is 47.1 Å². The lowest BCUT2D eigenvalue weighted by molar-refractivity contribution is -0.0181. The molecule has 1 aromatic carbocycles. The number of carbonyl (C=O) groups is 1. The van der Waals surface area contributed by atoms with Gasteiger partial charge in [-0.05, 0) is 65.5 Å². The van der Waals surface area contributed by atoms with Gasteiger partial charge in [-0.3, -0.25) is 9.56 Å². The van der Waals surface area contributed by atoms with E-state index in [0.717, 1.165) is 66.0 Å². The summed E-state index contributed by atoms with van der Waals surface area (Å²) >= 11 is 1.76.